The summed E-state index contributed by atoms with van der Waals surface area (Å²) < 4.78 is 2.12. The van der Waals surface area contributed by atoms with Crippen molar-refractivity contribution in [3.05, 3.63) is 18.2 Å². The second-order valence-electron chi connectivity index (χ2n) is 4.12. The Morgan fingerprint density at radius 1 is 1.17 bits per heavy atom. The highest BCUT2D eigenvalue weighted by atomic mass is 32.2. The average Bonchev–Trinajstić information content (AvgIpc) is 2.75. The summed E-state index contributed by atoms with van der Waals surface area (Å²) in [7, 11) is 2.07. The third-order valence-corrected chi connectivity index (χ3v) is 4.56. The molecule has 0 amide bonds. The predicted molar refractivity (Wildman–Crippen MR) is 84.5 cm³/mol. The zero-order valence-electron chi connectivity index (χ0n) is 11.8. The summed E-state index contributed by atoms with van der Waals surface area (Å²) in [6.45, 7) is 7.74. The van der Waals surface area contributed by atoms with E-state index in [9.17, 15) is 0 Å². The lowest BCUT2D eigenvalue weighted by Crippen LogP contribution is -2.29. The lowest BCUT2D eigenvalue weighted by Gasteiger charge is -2.21. The molecule has 3 nitrogen and oxygen atoms in total. The Morgan fingerprint density at radius 3 is 2.22 bits per heavy atom. The van der Waals surface area contributed by atoms with Crippen LogP contribution in [0.15, 0.2) is 12.4 Å². The first-order valence-corrected chi connectivity index (χ1v) is 8.92. The summed E-state index contributed by atoms with van der Waals surface area (Å²) in [5.74, 6) is 6.02. The molecular weight excluding hydrogens is 262 g/mol. The molecule has 1 rings (SSSR count). The third-order valence-electron chi connectivity index (χ3n) is 2.80. The standard InChI is InChI=1S/C13H25N3S2/c1-4-17-10-8-16(9-11-18-5-2)12-13-14-6-7-15(13)3/h6-7H,4-5,8-12H2,1-3H3. The molecule has 0 radical (unpaired) electrons. The van der Waals surface area contributed by atoms with Crippen molar-refractivity contribution < 1.29 is 0 Å². The fourth-order valence-corrected chi connectivity index (χ4v) is 3.05. The average molecular weight is 287 g/mol. The van der Waals surface area contributed by atoms with Crippen LogP contribution in [0.2, 0.25) is 0 Å². The smallest absolute Gasteiger partial charge is 0.122 e. The van der Waals surface area contributed by atoms with E-state index < -0.39 is 0 Å². The topological polar surface area (TPSA) is 21.1 Å². The maximum absolute atomic E-state index is 4.42. The number of thioether (sulfide) groups is 2. The molecule has 0 aromatic carbocycles. The minimum Gasteiger partial charge on any atom is -0.337 e. The van der Waals surface area contributed by atoms with Crippen LogP contribution in [0.25, 0.3) is 0 Å². The first-order valence-electron chi connectivity index (χ1n) is 6.62. The Labute approximate surface area is 120 Å². The van der Waals surface area contributed by atoms with E-state index in [1.807, 2.05) is 35.9 Å². The van der Waals surface area contributed by atoms with Gasteiger partial charge in [0.1, 0.15) is 5.82 Å². The van der Waals surface area contributed by atoms with E-state index in [-0.39, 0.29) is 0 Å². The van der Waals surface area contributed by atoms with E-state index in [1.54, 1.807) is 0 Å². The molecule has 0 aliphatic heterocycles. The van der Waals surface area contributed by atoms with E-state index in [4.69, 9.17) is 0 Å². The number of imidazole rings is 1. The first-order chi connectivity index (χ1) is 8.77. The second kappa shape index (κ2) is 9.75. The van der Waals surface area contributed by atoms with Gasteiger partial charge < -0.3 is 4.57 Å². The van der Waals surface area contributed by atoms with Crippen LogP contribution in [-0.2, 0) is 13.6 Å². The zero-order chi connectivity index (χ0) is 13.2. The minimum atomic E-state index is 0.970. The quantitative estimate of drug-likeness (QED) is 0.617. The van der Waals surface area contributed by atoms with Crippen molar-refractivity contribution in [3.63, 3.8) is 0 Å². The summed E-state index contributed by atoms with van der Waals surface area (Å²) in [5.41, 5.74) is 0. The van der Waals surface area contributed by atoms with Crippen LogP contribution >= 0.6 is 23.5 Å². The molecule has 104 valence electrons. The van der Waals surface area contributed by atoms with Gasteiger partial charge in [-0.15, -0.1) is 0 Å². The van der Waals surface area contributed by atoms with Crippen molar-refractivity contribution in [2.45, 2.75) is 20.4 Å². The highest BCUT2D eigenvalue weighted by molar-refractivity contribution is 7.99. The molecule has 0 N–H and O–H groups in total. The van der Waals surface area contributed by atoms with E-state index in [1.165, 1.54) is 23.0 Å². The van der Waals surface area contributed by atoms with Crippen LogP contribution in [0.5, 0.6) is 0 Å². The van der Waals surface area contributed by atoms with E-state index in [0.29, 0.717) is 0 Å². The van der Waals surface area contributed by atoms with Crippen molar-refractivity contribution in [2.75, 3.05) is 36.1 Å². The van der Waals surface area contributed by atoms with E-state index >= 15 is 0 Å². The molecule has 0 atom stereocenters. The lowest BCUT2D eigenvalue weighted by atomic mass is 10.4. The molecule has 0 unspecified atom stereocenters. The zero-order valence-corrected chi connectivity index (χ0v) is 13.4. The Morgan fingerprint density at radius 2 is 1.78 bits per heavy atom. The van der Waals surface area contributed by atoms with Gasteiger partial charge in [-0.05, 0) is 11.5 Å². The molecule has 5 heteroatoms. The molecule has 1 heterocycles. The third kappa shape index (κ3) is 6.16. The highest BCUT2D eigenvalue weighted by Crippen LogP contribution is 2.07. The molecule has 0 spiro atoms. The molecule has 0 bridgehead atoms. The first kappa shape index (κ1) is 15.9. The monoisotopic (exact) mass is 287 g/mol. The highest BCUT2D eigenvalue weighted by Gasteiger charge is 2.08. The van der Waals surface area contributed by atoms with Crippen molar-refractivity contribution >= 4 is 23.5 Å². The summed E-state index contributed by atoms with van der Waals surface area (Å²) >= 11 is 4.03. The molecule has 0 aliphatic carbocycles. The van der Waals surface area contributed by atoms with Gasteiger partial charge in [-0.2, -0.15) is 23.5 Å². The van der Waals surface area contributed by atoms with Crippen molar-refractivity contribution in [1.82, 2.24) is 14.5 Å². The SMILES string of the molecule is CCSCCN(CCSCC)Cc1nccn1C. The van der Waals surface area contributed by atoms with Crippen LogP contribution in [-0.4, -0.2) is 50.6 Å². The van der Waals surface area contributed by atoms with Crippen LogP contribution in [0.4, 0.5) is 0 Å². The van der Waals surface area contributed by atoms with E-state index in [0.717, 1.165) is 25.5 Å². The maximum Gasteiger partial charge on any atom is 0.122 e. The molecule has 1 aromatic rings. The van der Waals surface area contributed by atoms with Gasteiger partial charge in [-0.25, -0.2) is 4.98 Å². The number of aryl methyl sites for hydroxylation is 1. The predicted octanol–water partition coefficient (Wildman–Crippen LogP) is 2.73. The van der Waals surface area contributed by atoms with Crippen molar-refractivity contribution in [3.8, 4) is 0 Å². The fourth-order valence-electron chi connectivity index (χ4n) is 1.69. The molecule has 0 saturated heterocycles. The van der Waals surface area contributed by atoms with Crippen molar-refractivity contribution in [2.24, 2.45) is 7.05 Å². The summed E-state index contributed by atoms with van der Waals surface area (Å²) in [6.07, 6.45) is 3.91. The van der Waals surface area contributed by atoms with Gasteiger partial charge in [-0.1, -0.05) is 13.8 Å². The van der Waals surface area contributed by atoms with Gasteiger partial charge in [0.15, 0.2) is 0 Å². The van der Waals surface area contributed by atoms with Gasteiger partial charge >= 0.3 is 0 Å². The fraction of sp³-hybridized carbons (Fsp3) is 0.769. The number of rotatable bonds is 10. The number of aromatic nitrogens is 2. The Balaban J connectivity index is 2.40. The molecule has 0 fully saturated rings. The van der Waals surface area contributed by atoms with Gasteiger partial charge in [0.2, 0.25) is 0 Å². The number of hydrogen-bond donors (Lipinski definition) is 0. The van der Waals surface area contributed by atoms with Gasteiger partial charge in [-0.3, -0.25) is 4.90 Å². The summed E-state index contributed by atoms with van der Waals surface area (Å²) in [4.78, 5) is 6.94. The Bertz CT molecular complexity index is 305. The Kier molecular flexibility index (Phi) is 8.63. The van der Waals surface area contributed by atoms with Gasteiger partial charge in [0, 0.05) is 44.0 Å². The van der Waals surface area contributed by atoms with Crippen LogP contribution in [0.3, 0.4) is 0 Å². The summed E-state index contributed by atoms with van der Waals surface area (Å²) in [5, 5.41) is 0. The lowest BCUT2D eigenvalue weighted by molar-refractivity contribution is 0.290. The summed E-state index contributed by atoms with van der Waals surface area (Å²) in [6, 6.07) is 0. The minimum absolute atomic E-state index is 0.970. The van der Waals surface area contributed by atoms with Gasteiger partial charge in [0.05, 0.1) is 6.54 Å². The number of nitrogens with zero attached hydrogens (tertiary/aromatic N) is 3. The van der Waals surface area contributed by atoms with Crippen LogP contribution in [0, 0.1) is 0 Å². The molecule has 18 heavy (non-hydrogen) atoms. The van der Waals surface area contributed by atoms with Gasteiger partial charge in [0.25, 0.3) is 0 Å². The van der Waals surface area contributed by atoms with Crippen LogP contribution in [0.1, 0.15) is 19.7 Å². The van der Waals surface area contributed by atoms with Crippen LogP contribution < -0.4 is 0 Å². The molecule has 0 aliphatic rings. The van der Waals surface area contributed by atoms with Crippen molar-refractivity contribution in [1.29, 1.82) is 0 Å². The maximum atomic E-state index is 4.42. The Hall–Kier alpha value is -0.130. The molecule has 1 aromatic heterocycles. The molecule has 0 saturated carbocycles. The normalized spacial score (nSPS) is 11.3. The largest absolute Gasteiger partial charge is 0.337 e. The second-order valence-corrected chi connectivity index (χ2v) is 6.91. The molecular formula is C13H25N3S2. The number of hydrogen-bond acceptors (Lipinski definition) is 4. The van der Waals surface area contributed by atoms with E-state index in [2.05, 4.69) is 35.3 Å².